The second-order valence-electron chi connectivity index (χ2n) is 5.12. The molecule has 1 amide bonds. The van der Waals surface area contributed by atoms with Crippen LogP contribution in [-0.2, 0) is 11.3 Å². The first kappa shape index (κ1) is 15.3. The van der Waals surface area contributed by atoms with E-state index in [9.17, 15) is 4.79 Å². The molecular formula is C16H16ClN5O. The van der Waals surface area contributed by atoms with Gasteiger partial charge in [-0.2, -0.15) is 5.10 Å². The molecule has 0 aliphatic heterocycles. The van der Waals surface area contributed by atoms with Gasteiger partial charge in [-0.1, -0.05) is 29.8 Å². The fraction of sp³-hybridized carbons (Fsp3) is 0.188. The molecule has 0 aliphatic rings. The molecule has 1 N–H and O–H groups in total. The van der Waals surface area contributed by atoms with E-state index < -0.39 is 6.04 Å². The number of rotatable bonds is 5. The van der Waals surface area contributed by atoms with Crippen molar-refractivity contribution in [1.29, 1.82) is 0 Å². The predicted molar refractivity (Wildman–Crippen MR) is 88.3 cm³/mol. The zero-order valence-electron chi connectivity index (χ0n) is 12.6. The van der Waals surface area contributed by atoms with Gasteiger partial charge in [-0.05, 0) is 24.6 Å². The van der Waals surface area contributed by atoms with Crippen LogP contribution in [0.1, 0.15) is 18.5 Å². The molecule has 23 heavy (non-hydrogen) atoms. The molecule has 2 heterocycles. The minimum Gasteiger partial charge on any atom is -0.313 e. The van der Waals surface area contributed by atoms with E-state index in [1.165, 1.54) is 0 Å². The summed E-state index contributed by atoms with van der Waals surface area (Å²) in [5, 5.41) is 7.59. The summed E-state index contributed by atoms with van der Waals surface area (Å²) in [5.41, 5.74) is 0.961. The maximum absolute atomic E-state index is 12.3. The van der Waals surface area contributed by atoms with Gasteiger partial charge in [0.05, 0.1) is 6.54 Å². The third kappa shape index (κ3) is 3.43. The quantitative estimate of drug-likeness (QED) is 0.782. The van der Waals surface area contributed by atoms with Gasteiger partial charge < -0.3 is 4.57 Å². The standard InChI is InChI=1S/C16H16ClN5O/c1-12(22-9-4-7-19-22)15(23)20-16-18-8-10-21(16)11-13-5-2-3-6-14(13)17/h2-10,12H,11H2,1H3,(H,18,20,23)/t12-/m0/s1. The molecule has 6 nitrogen and oxygen atoms in total. The monoisotopic (exact) mass is 329 g/mol. The van der Waals surface area contributed by atoms with E-state index >= 15 is 0 Å². The number of imidazole rings is 1. The molecule has 118 valence electrons. The number of hydrogen-bond donors (Lipinski definition) is 1. The van der Waals surface area contributed by atoms with Crippen molar-refractivity contribution in [2.75, 3.05) is 5.32 Å². The van der Waals surface area contributed by atoms with Crippen LogP contribution in [0.4, 0.5) is 5.95 Å². The van der Waals surface area contributed by atoms with Crippen LogP contribution in [0.15, 0.2) is 55.1 Å². The number of halogens is 1. The molecule has 3 rings (SSSR count). The van der Waals surface area contributed by atoms with Crippen molar-refractivity contribution in [3.63, 3.8) is 0 Å². The fourth-order valence-corrected chi connectivity index (χ4v) is 2.41. The number of aromatic nitrogens is 4. The van der Waals surface area contributed by atoms with Crippen LogP contribution in [-0.4, -0.2) is 25.2 Å². The first-order chi connectivity index (χ1) is 11.1. The highest BCUT2D eigenvalue weighted by Crippen LogP contribution is 2.18. The minimum atomic E-state index is -0.421. The summed E-state index contributed by atoms with van der Waals surface area (Å²) in [4.78, 5) is 16.5. The number of carbonyl (C=O) groups is 1. The van der Waals surface area contributed by atoms with E-state index in [0.717, 1.165) is 5.56 Å². The Labute approximate surface area is 138 Å². The molecule has 0 aliphatic carbocycles. The van der Waals surface area contributed by atoms with Gasteiger partial charge in [0.1, 0.15) is 6.04 Å². The lowest BCUT2D eigenvalue weighted by Gasteiger charge is -2.14. The van der Waals surface area contributed by atoms with E-state index in [0.29, 0.717) is 17.5 Å². The average molecular weight is 330 g/mol. The van der Waals surface area contributed by atoms with Crippen molar-refractivity contribution in [1.82, 2.24) is 19.3 Å². The summed E-state index contributed by atoms with van der Waals surface area (Å²) in [6, 6.07) is 8.95. The number of carbonyl (C=O) groups excluding carboxylic acids is 1. The highest BCUT2D eigenvalue weighted by atomic mass is 35.5. The summed E-state index contributed by atoms with van der Waals surface area (Å²) in [5.74, 6) is 0.300. The van der Waals surface area contributed by atoms with Gasteiger partial charge in [-0.15, -0.1) is 0 Å². The van der Waals surface area contributed by atoms with Crippen molar-refractivity contribution >= 4 is 23.5 Å². The highest BCUT2D eigenvalue weighted by molar-refractivity contribution is 6.31. The van der Waals surface area contributed by atoms with Crippen LogP contribution < -0.4 is 5.32 Å². The lowest BCUT2D eigenvalue weighted by Crippen LogP contribution is -2.25. The molecule has 0 saturated carbocycles. The van der Waals surface area contributed by atoms with E-state index in [4.69, 9.17) is 11.6 Å². The number of hydrogen-bond acceptors (Lipinski definition) is 3. The van der Waals surface area contributed by atoms with Crippen LogP contribution in [0.2, 0.25) is 5.02 Å². The summed E-state index contributed by atoms with van der Waals surface area (Å²) >= 11 is 6.18. The molecule has 2 aromatic heterocycles. The fourth-order valence-electron chi connectivity index (χ4n) is 2.22. The predicted octanol–water partition coefficient (Wildman–Crippen LogP) is 2.98. The van der Waals surface area contributed by atoms with Gasteiger partial charge >= 0.3 is 0 Å². The first-order valence-corrected chi connectivity index (χ1v) is 7.57. The number of amides is 1. The zero-order chi connectivity index (χ0) is 16.2. The maximum Gasteiger partial charge on any atom is 0.251 e. The molecule has 0 unspecified atom stereocenters. The molecule has 0 spiro atoms. The van der Waals surface area contributed by atoms with E-state index in [2.05, 4.69) is 15.4 Å². The normalized spacial score (nSPS) is 12.1. The van der Waals surface area contributed by atoms with Gasteiger partial charge in [0.15, 0.2) is 0 Å². The third-order valence-electron chi connectivity index (χ3n) is 3.55. The largest absolute Gasteiger partial charge is 0.313 e. The Morgan fingerprint density at radius 2 is 2.09 bits per heavy atom. The Bertz CT molecular complexity index is 796. The summed E-state index contributed by atoms with van der Waals surface area (Å²) < 4.78 is 3.44. The van der Waals surface area contributed by atoms with Crippen molar-refractivity contribution in [3.05, 3.63) is 65.7 Å². The summed E-state index contributed by atoms with van der Waals surface area (Å²) in [6.45, 7) is 2.31. The first-order valence-electron chi connectivity index (χ1n) is 7.19. The van der Waals surface area contributed by atoms with E-state index in [-0.39, 0.29) is 5.91 Å². The highest BCUT2D eigenvalue weighted by Gasteiger charge is 2.17. The minimum absolute atomic E-state index is 0.180. The molecule has 0 radical (unpaired) electrons. The zero-order valence-corrected chi connectivity index (χ0v) is 13.3. The Hall–Kier alpha value is -2.60. The van der Waals surface area contributed by atoms with Crippen LogP contribution in [0.3, 0.4) is 0 Å². The SMILES string of the molecule is C[C@@H](C(=O)Nc1nccn1Cc1ccccc1Cl)n1cccn1. The second kappa shape index (κ2) is 6.66. The van der Waals surface area contributed by atoms with Crippen molar-refractivity contribution in [3.8, 4) is 0 Å². The number of benzene rings is 1. The van der Waals surface area contributed by atoms with Gasteiger partial charge in [0.25, 0.3) is 5.91 Å². The Kier molecular flexibility index (Phi) is 4.43. The van der Waals surface area contributed by atoms with Gasteiger partial charge in [-0.25, -0.2) is 4.98 Å². The molecule has 0 saturated heterocycles. The molecule has 1 aromatic carbocycles. The van der Waals surface area contributed by atoms with Crippen LogP contribution >= 0.6 is 11.6 Å². The maximum atomic E-state index is 12.3. The third-order valence-corrected chi connectivity index (χ3v) is 3.92. The van der Waals surface area contributed by atoms with Gasteiger partial charge in [0, 0.05) is 29.8 Å². The molecule has 3 aromatic rings. The molecular weight excluding hydrogens is 314 g/mol. The lowest BCUT2D eigenvalue weighted by molar-refractivity contribution is -0.119. The average Bonchev–Trinajstić information content (AvgIpc) is 3.21. The van der Waals surface area contributed by atoms with Crippen molar-refractivity contribution in [2.24, 2.45) is 0 Å². The van der Waals surface area contributed by atoms with Crippen LogP contribution in [0, 0.1) is 0 Å². The Morgan fingerprint density at radius 1 is 1.26 bits per heavy atom. The van der Waals surface area contributed by atoms with E-state index in [1.54, 1.807) is 42.5 Å². The smallest absolute Gasteiger partial charge is 0.251 e. The van der Waals surface area contributed by atoms with E-state index in [1.807, 2.05) is 28.8 Å². The summed E-state index contributed by atoms with van der Waals surface area (Å²) in [7, 11) is 0. The number of anilines is 1. The number of nitrogens with zero attached hydrogens (tertiary/aromatic N) is 4. The topological polar surface area (TPSA) is 64.7 Å². The second-order valence-corrected chi connectivity index (χ2v) is 5.53. The molecule has 0 fully saturated rings. The molecule has 1 atom stereocenters. The molecule has 0 bridgehead atoms. The lowest BCUT2D eigenvalue weighted by atomic mass is 10.2. The van der Waals surface area contributed by atoms with Gasteiger partial charge in [0.2, 0.25) is 5.95 Å². The molecule has 7 heteroatoms. The van der Waals surface area contributed by atoms with Crippen molar-refractivity contribution in [2.45, 2.75) is 19.5 Å². The van der Waals surface area contributed by atoms with Crippen LogP contribution in [0.5, 0.6) is 0 Å². The van der Waals surface area contributed by atoms with Gasteiger partial charge in [-0.3, -0.25) is 14.8 Å². The summed E-state index contributed by atoms with van der Waals surface area (Å²) in [6.07, 6.45) is 6.84. The Balaban J connectivity index is 1.74. The van der Waals surface area contributed by atoms with Crippen LogP contribution in [0.25, 0.3) is 0 Å². The van der Waals surface area contributed by atoms with Crippen molar-refractivity contribution < 1.29 is 4.79 Å². The number of nitrogens with one attached hydrogen (secondary N) is 1. The Morgan fingerprint density at radius 3 is 2.83 bits per heavy atom.